The van der Waals surface area contributed by atoms with E-state index in [1.165, 1.54) is 12.8 Å². The molecule has 4 nitrogen and oxygen atoms in total. The summed E-state index contributed by atoms with van der Waals surface area (Å²) in [5, 5.41) is 2.98. The first-order valence-electron chi connectivity index (χ1n) is 7.25. The number of nitrogens with two attached hydrogens (primary N) is 1. The van der Waals surface area contributed by atoms with Crippen LogP contribution in [0.1, 0.15) is 23.2 Å². The predicted octanol–water partition coefficient (Wildman–Crippen LogP) is 3.12. The third-order valence-electron chi connectivity index (χ3n) is 3.80. The summed E-state index contributed by atoms with van der Waals surface area (Å²) in [4.78, 5) is 14.7. The van der Waals surface area contributed by atoms with Crippen LogP contribution in [0.15, 0.2) is 48.5 Å². The summed E-state index contributed by atoms with van der Waals surface area (Å²) in [5.41, 5.74) is 8.79. The number of hydrogen-bond donors (Lipinski definition) is 2. The zero-order valence-corrected chi connectivity index (χ0v) is 11.9. The van der Waals surface area contributed by atoms with E-state index in [2.05, 4.69) is 16.3 Å². The smallest absolute Gasteiger partial charge is 0.257 e. The fourth-order valence-electron chi connectivity index (χ4n) is 2.71. The van der Waals surface area contributed by atoms with Gasteiger partial charge in [0, 0.05) is 18.8 Å². The predicted molar refractivity (Wildman–Crippen MR) is 86.7 cm³/mol. The Balaban J connectivity index is 1.85. The van der Waals surface area contributed by atoms with Crippen LogP contribution in [0, 0.1) is 0 Å². The maximum absolute atomic E-state index is 12.4. The SMILES string of the molecule is Nc1ccccc1C(=O)Nc1ccccc1N1CCCC1. The molecule has 108 valence electrons. The van der Waals surface area contributed by atoms with Crippen LogP contribution >= 0.6 is 0 Å². The normalized spacial score (nSPS) is 14.2. The number of nitrogens with zero attached hydrogens (tertiary/aromatic N) is 1. The van der Waals surface area contributed by atoms with Crippen molar-refractivity contribution < 1.29 is 4.79 Å². The van der Waals surface area contributed by atoms with Gasteiger partial charge in [-0.25, -0.2) is 0 Å². The number of para-hydroxylation sites is 3. The Morgan fingerprint density at radius 2 is 1.67 bits per heavy atom. The molecule has 0 aliphatic carbocycles. The minimum Gasteiger partial charge on any atom is -0.398 e. The molecule has 0 aromatic heterocycles. The molecule has 1 saturated heterocycles. The molecule has 0 atom stereocenters. The topological polar surface area (TPSA) is 58.4 Å². The van der Waals surface area contributed by atoms with Gasteiger partial charge in [-0.2, -0.15) is 0 Å². The number of rotatable bonds is 3. The van der Waals surface area contributed by atoms with E-state index in [0.29, 0.717) is 11.3 Å². The van der Waals surface area contributed by atoms with Crippen molar-refractivity contribution in [3.8, 4) is 0 Å². The second kappa shape index (κ2) is 5.87. The highest BCUT2D eigenvalue weighted by atomic mass is 16.1. The Bertz CT molecular complexity index is 648. The van der Waals surface area contributed by atoms with Crippen molar-refractivity contribution in [3.05, 3.63) is 54.1 Å². The van der Waals surface area contributed by atoms with E-state index in [1.807, 2.05) is 30.3 Å². The maximum atomic E-state index is 12.4. The fourth-order valence-corrected chi connectivity index (χ4v) is 2.71. The average molecular weight is 281 g/mol. The zero-order chi connectivity index (χ0) is 14.7. The van der Waals surface area contributed by atoms with E-state index in [9.17, 15) is 4.79 Å². The second-order valence-corrected chi connectivity index (χ2v) is 5.25. The van der Waals surface area contributed by atoms with Gasteiger partial charge in [-0.05, 0) is 37.1 Å². The third-order valence-corrected chi connectivity index (χ3v) is 3.80. The molecule has 21 heavy (non-hydrogen) atoms. The quantitative estimate of drug-likeness (QED) is 0.850. The van der Waals surface area contributed by atoms with Crippen molar-refractivity contribution in [1.82, 2.24) is 0 Å². The van der Waals surface area contributed by atoms with Crippen LogP contribution in [0.3, 0.4) is 0 Å². The van der Waals surface area contributed by atoms with E-state index in [1.54, 1.807) is 12.1 Å². The lowest BCUT2D eigenvalue weighted by atomic mass is 10.1. The first kappa shape index (κ1) is 13.5. The van der Waals surface area contributed by atoms with E-state index >= 15 is 0 Å². The van der Waals surface area contributed by atoms with Crippen molar-refractivity contribution in [2.24, 2.45) is 0 Å². The Labute approximate surface area is 124 Å². The largest absolute Gasteiger partial charge is 0.398 e. The molecule has 3 N–H and O–H groups in total. The number of carbonyl (C=O) groups excluding carboxylic acids is 1. The number of benzene rings is 2. The highest BCUT2D eigenvalue weighted by Gasteiger charge is 2.17. The van der Waals surface area contributed by atoms with Crippen molar-refractivity contribution in [2.45, 2.75) is 12.8 Å². The van der Waals surface area contributed by atoms with Crippen molar-refractivity contribution in [1.29, 1.82) is 0 Å². The lowest BCUT2D eigenvalue weighted by Gasteiger charge is -2.21. The van der Waals surface area contributed by atoms with Crippen LogP contribution in [-0.4, -0.2) is 19.0 Å². The van der Waals surface area contributed by atoms with Crippen LogP contribution in [-0.2, 0) is 0 Å². The van der Waals surface area contributed by atoms with Crippen molar-refractivity contribution >= 4 is 23.0 Å². The molecule has 0 saturated carbocycles. The molecule has 1 aliphatic heterocycles. The third kappa shape index (κ3) is 2.84. The highest BCUT2D eigenvalue weighted by molar-refractivity contribution is 6.09. The van der Waals surface area contributed by atoms with Crippen LogP contribution in [0.5, 0.6) is 0 Å². The van der Waals surface area contributed by atoms with E-state index in [-0.39, 0.29) is 5.91 Å². The Morgan fingerprint density at radius 1 is 1.00 bits per heavy atom. The van der Waals surface area contributed by atoms with Gasteiger partial charge in [0.1, 0.15) is 0 Å². The second-order valence-electron chi connectivity index (χ2n) is 5.25. The Morgan fingerprint density at radius 3 is 2.43 bits per heavy atom. The van der Waals surface area contributed by atoms with Gasteiger partial charge in [-0.1, -0.05) is 24.3 Å². The van der Waals surface area contributed by atoms with Crippen molar-refractivity contribution in [2.75, 3.05) is 29.0 Å². The average Bonchev–Trinajstić information content (AvgIpc) is 3.02. The van der Waals surface area contributed by atoms with Gasteiger partial charge in [0.2, 0.25) is 0 Å². The first-order valence-corrected chi connectivity index (χ1v) is 7.25. The van der Waals surface area contributed by atoms with Crippen LogP contribution in [0.25, 0.3) is 0 Å². The molecule has 3 rings (SSSR count). The summed E-state index contributed by atoms with van der Waals surface area (Å²) in [6.07, 6.45) is 2.40. The molecule has 0 bridgehead atoms. The van der Waals surface area contributed by atoms with Crippen molar-refractivity contribution in [3.63, 3.8) is 0 Å². The number of carbonyl (C=O) groups is 1. The molecule has 1 amide bonds. The standard InChI is InChI=1S/C17H19N3O/c18-14-8-2-1-7-13(14)17(21)19-15-9-3-4-10-16(15)20-11-5-6-12-20/h1-4,7-10H,5-6,11-12,18H2,(H,19,21). The van der Waals surface area contributed by atoms with Gasteiger partial charge in [0.15, 0.2) is 0 Å². The van der Waals surface area contributed by atoms with Gasteiger partial charge in [0.25, 0.3) is 5.91 Å². The lowest BCUT2D eigenvalue weighted by molar-refractivity contribution is 0.102. The molecular weight excluding hydrogens is 262 g/mol. The molecule has 2 aromatic rings. The zero-order valence-electron chi connectivity index (χ0n) is 11.9. The first-order chi connectivity index (χ1) is 10.3. The Kier molecular flexibility index (Phi) is 3.77. The highest BCUT2D eigenvalue weighted by Crippen LogP contribution is 2.29. The van der Waals surface area contributed by atoms with Crippen LogP contribution in [0.4, 0.5) is 17.1 Å². The fraction of sp³-hybridized carbons (Fsp3) is 0.235. The molecule has 1 aliphatic rings. The minimum absolute atomic E-state index is 0.167. The van der Waals surface area contributed by atoms with Crippen LogP contribution in [0.2, 0.25) is 0 Å². The summed E-state index contributed by atoms with van der Waals surface area (Å²) in [6.45, 7) is 2.08. The lowest BCUT2D eigenvalue weighted by Crippen LogP contribution is -2.21. The molecule has 0 spiro atoms. The summed E-state index contributed by atoms with van der Waals surface area (Å²) in [5.74, 6) is -0.167. The number of nitrogen functional groups attached to an aromatic ring is 1. The van der Waals surface area contributed by atoms with E-state index in [0.717, 1.165) is 24.5 Å². The summed E-state index contributed by atoms with van der Waals surface area (Å²) >= 11 is 0. The molecule has 0 unspecified atom stereocenters. The van der Waals surface area contributed by atoms with Gasteiger partial charge in [-0.15, -0.1) is 0 Å². The van der Waals surface area contributed by atoms with Crippen LogP contribution < -0.4 is 16.0 Å². The molecule has 1 fully saturated rings. The Hall–Kier alpha value is -2.49. The van der Waals surface area contributed by atoms with E-state index in [4.69, 9.17) is 5.73 Å². The summed E-state index contributed by atoms with van der Waals surface area (Å²) in [6, 6.07) is 15.0. The van der Waals surface area contributed by atoms with Gasteiger partial charge < -0.3 is 16.0 Å². The minimum atomic E-state index is -0.167. The molecule has 4 heteroatoms. The number of amides is 1. The van der Waals surface area contributed by atoms with Gasteiger partial charge >= 0.3 is 0 Å². The van der Waals surface area contributed by atoms with Gasteiger partial charge in [0.05, 0.1) is 16.9 Å². The number of nitrogens with one attached hydrogen (secondary N) is 1. The molecular formula is C17H19N3O. The maximum Gasteiger partial charge on any atom is 0.257 e. The summed E-state index contributed by atoms with van der Waals surface area (Å²) in [7, 11) is 0. The molecule has 2 aromatic carbocycles. The van der Waals surface area contributed by atoms with E-state index < -0.39 is 0 Å². The van der Waals surface area contributed by atoms with Gasteiger partial charge in [-0.3, -0.25) is 4.79 Å². The number of anilines is 3. The monoisotopic (exact) mass is 281 g/mol. The molecule has 0 radical (unpaired) electrons. The molecule has 1 heterocycles. The summed E-state index contributed by atoms with van der Waals surface area (Å²) < 4.78 is 0. The number of hydrogen-bond acceptors (Lipinski definition) is 3.